The summed E-state index contributed by atoms with van der Waals surface area (Å²) in [7, 11) is 0. The quantitative estimate of drug-likeness (QED) is 0.711. The molecule has 0 aliphatic heterocycles. The van der Waals surface area contributed by atoms with Crippen molar-refractivity contribution in [2.45, 2.75) is 26.4 Å². The summed E-state index contributed by atoms with van der Waals surface area (Å²) in [6.07, 6.45) is -0.501. The fourth-order valence-electron chi connectivity index (χ4n) is 2.01. The number of alkyl carbamates (subject to hydrolysis) is 1. The van der Waals surface area contributed by atoms with E-state index in [0.29, 0.717) is 18.8 Å². The molecule has 2 aromatic rings. The third-order valence-corrected chi connectivity index (χ3v) is 3.77. The van der Waals surface area contributed by atoms with E-state index in [1.54, 1.807) is 20.8 Å². The first-order chi connectivity index (χ1) is 10.8. The molecule has 1 aromatic carbocycles. The maximum Gasteiger partial charge on any atom is 0.407 e. The Kier molecular flexibility index (Phi) is 5.30. The lowest BCUT2D eigenvalue weighted by molar-refractivity contribution is 0.0526. The van der Waals surface area contributed by atoms with Gasteiger partial charge in [-0.05, 0) is 42.8 Å². The second kappa shape index (κ2) is 7.04. The number of aromatic amines is 1. The molecule has 0 atom stereocenters. The van der Waals surface area contributed by atoms with E-state index in [0.717, 1.165) is 15.4 Å². The summed E-state index contributed by atoms with van der Waals surface area (Å²) >= 11 is 3.44. The van der Waals surface area contributed by atoms with E-state index < -0.39 is 11.7 Å². The summed E-state index contributed by atoms with van der Waals surface area (Å²) in [5.41, 5.74) is 0.808. The van der Waals surface area contributed by atoms with Crippen LogP contribution >= 0.6 is 15.9 Å². The molecule has 0 saturated carbocycles. The molecule has 1 heterocycles. The molecule has 3 N–H and O–H groups in total. The van der Waals surface area contributed by atoms with Gasteiger partial charge in [0.1, 0.15) is 11.3 Å². The van der Waals surface area contributed by atoms with E-state index >= 15 is 0 Å². The van der Waals surface area contributed by atoms with Crippen molar-refractivity contribution in [3.63, 3.8) is 0 Å². The minimum atomic E-state index is -0.539. The number of fused-ring (bicyclic) bond motifs is 1. The molecular formula is C16H20BrN3O3. The summed E-state index contributed by atoms with van der Waals surface area (Å²) in [6, 6.07) is 7.64. The van der Waals surface area contributed by atoms with Gasteiger partial charge in [0.15, 0.2) is 0 Å². The summed E-state index contributed by atoms with van der Waals surface area (Å²) in [5, 5.41) is 6.29. The summed E-state index contributed by atoms with van der Waals surface area (Å²) in [5.74, 6) is -0.237. The van der Waals surface area contributed by atoms with Crippen LogP contribution in [0, 0.1) is 0 Å². The van der Waals surface area contributed by atoms with Gasteiger partial charge in [0.25, 0.3) is 5.91 Å². The predicted octanol–water partition coefficient (Wildman–Crippen LogP) is 3.18. The highest BCUT2D eigenvalue weighted by molar-refractivity contribution is 9.10. The molecule has 23 heavy (non-hydrogen) atoms. The van der Waals surface area contributed by atoms with Gasteiger partial charge in [-0.2, -0.15) is 0 Å². The van der Waals surface area contributed by atoms with Crippen molar-refractivity contribution in [1.82, 2.24) is 15.6 Å². The van der Waals surface area contributed by atoms with Crippen LogP contribution in [0.25, 0.3) is 10.9 Å². The van der Waals surface area contributed by atoms with Crippen LogP contribution in [-0.2, 0) is 4.74 Å². The first-order valence-corrected chi connectivity index (χ1v) is 8.08. The first-order valence-electron chi connectivity index (χ1n) is 7.29. The lowest BCUT2D eigenvalue weighted by Gasteiger charge is -2.19. The van der Waals surface area contributed by atoms with Gasteiger partial charge in [-0.3, -0.25) is 4.79 Å². The number of carbonyl (C=O) groups excluding carboxylic acids is 2. The number of nitrogens with one attached hydrogen (secondary N) is 3. The molecule has 7 heteroatoms. The van der Waals surface area contributed by atoms with Crippen LogP contribution in [0.1, 0.15) is 31.3 Å². The Labute approximate surface area is 143 Å². The molecule has 124 valence electrons. The molecule has 0 spiro atoms. The highest BCUT2D eigenvalue weighted by atomic mass is 79.9. The molecule has 0 aliphatic carbocycles. The Morgan fingerprint density at radius 1 is 1.17 bits per heavy atom. The minimum absolute atomic E-state index is 0.237. The molecule has 0 fully saturated rings. The van der Waals surface area contributed by atoms with Crippen molar-refractivity contribution < 1.29 is 14.3 Å². The molecule has 1 aromatic heterocycles. The fraction of sp³-hybridized carbons (Fsp3) is 0.375. The van der Waals surface area contributed by atoms with Crippen molar-refractivity contribution in [3.05, 3.63) is 34.4 Å². The highest BCUT2D eigenvalue weighted by Crippen LogP contribution is 2.27. The maximum absolute atomic E-state index is 12.2. The molecule has 0 radical (unpaired) electrons. The SMILES string of the molecule is CC(C)(C)OC(=O)NCCNC(=O)c1[nH]c2ccccc2c1Br. The number of aromatic nitrogens is 1. The second-order valence-electron chi connectivity index (χ2n) is 6.04. The Balaban J connectivity index is 1.85. The van der Waals surface area contributed by atoms with Crippen molar-refractivity contribution in [2.24, 2.45) is 0 Å². The zero-order valence-corrected chi connectivity index (χ0v) is 14.9. The number of carbonyl (C=O) groups is 2. The number of H-pyrrole nitrogens is 1. The number of ether oxygens (including phenoxy) is 1. The summed E-state index contributed by atoms with van der Waals surface area (Å²) < 4.78 is 5.84. The molecule has 0 saturated heterocycles. The van der Waals surface area contributed by atoms with E-state index in [1.807, 2.05) is 24.3 Å². The number of halogens is 1. The lowest BCUT2D eigenvalue weighted by atomic mass is 10.2. The van der Waals surface area contributed by atoms with Gasteiger partial charge in [-0.1, -0.05) is 18.2 Å². The predicted molar refractivity (Wildman–Crippen MR) is 92.6 cm³/mol. The molecule has 2 amide bonds. The Morgan fingerprint density at radius 2 is 1.83 bits per heavy atom. The van der Waals surface area contributed by atoms with E-state index in [-0.39, 0.29) is 5.91 Å². The van der Waals surface area contributed by atoms with Crippen LogP contribution in [0.4, 0.5) is 4.79 Å². The number of amides is 2. The van der Waals surface area contributed by atoms with Crippen LogP contribution in [0.5, 0.6) is 0 Å². The van der Waals surface area contributed by atoms with Gasteiger partial charge in [0.05, 0.1) is 4.47 Å². The Bertz CT molecular complexity index is 719. The monoisotopic (exact) mass is 381 g/mol. The van der Waals surface area contributed by atoms with Crippen LogP contribution in [0.15, 0.2) is 28.7 Å². The average Bonchev–Trinajstić information content (AvgIpc) is 2.79. The van der Waals surface area contributed by atoms with E-state index in [4.69, 9.17) is 4.74 Å². The summed E-state index contributed by atoms with van der Waals surface area (Å²) in [6.45, 7) is 5.98. The number of benzene rings is 1. The standard InChI is InChI=1S/C16H20BrN3O3/c1-16(2,3)23-15(22)19-9-8-18-14(21)13-12(17)10-6-4-5-7-11(10)20-13/h4-7,20H,8-9H2,1-3H3,(H,18,21)(H,19,22). The van der Waals surface area contributed by atoms with Crippen LogP contribution in [0.3, 0.4) is 0 Å². The number of para-hydroxylation sites is 1. The molecule has 0 unspecified atom stereocenters. The van der Waals surface area contributed by atoms with E-state index in [1.165, 1.54) is 0 Å². The molecule has 2 rings (SSSR count). The van der Waals surface area contributed by atoms with Crippen LogP contribution < -0.4 is 10.6 Å². The largest absolute Gasteiger partial charge is 0.444 e. The normalized spacial score (nSPS) is 11.3. The molecule has 0 bridgehead atoms. The van der Waals surface area contributed by atoms with Gasteiger partial charge in [-0.25, -0.2) is 4.79 Å². The smallest absolute Gasteiger partial charge is 0.407 e. The van der Waals surface area contributed by atoms with E-state index in [9.17, 15) is 9.59 Å². The lowest BCUT2D eigenvalue weighted by Crippen LogP contribution is -2.38. The number of hydrogen-bond acceptors (Lipinski definition) is 3. The average molecular weight is 382 g/mol. The van der Waals surface area contributed by atoms with Gasteiger partial charge < -0.3 is 20.4 Å². The van der Waals surface area contributed by atoms with Crippen LogP contribution in [-0.4, -0.2) is 35.7 Å². The van der Waals surface area contributed by atoms with Crippen LogP contribution in [0.2, 0.25) is 0 Å². The van der Waals surface area contributed by atoms with Crippen molar-refractivity contribution >= 4 is 38.8 Å². The van der Waals surface area contributed by atoms with Crippen molar-refractivity contribution in [2.75, 3.05) is 13.1 Å². The van der Waals surface area contributed by atoms with Crippen molar-refractivity contribution in [1.29, 1.82) is 0 Å². The van der Waals surface area contributed by atoms with Gasteiger partial charge >= 0.3 is 6.09 Å². The molecule has 0 aliphatic rings. The second-order valence-corrected chi connectivity index (χ2v) is 6.84. The third kappa shape index (κ3) is 4.72. The highest BCUT2D eigenvalue weighted by Gasteiger charge is 2.17. The number of hydrogen-bond donors (Lipinski definition) is 3. The molecular weight excluding hydrogens is 362 g/mol. The summed E-state index contributed by atoms with van der Waals surface area (Å²) in [4.78, 5) is 26.8. The van der Waals surface area contributed by atoms with Gasteiger partial charge in [-0.15, -0.1) is 0 Å². The van der Waals surface area contributed by atoms with Gasteiger partial charge in [0.2, 0.25) is 0 Å². The maximum atomic E-state index is 12.2. The third-order valence-electron chi connectivity index (χ3n) is 2.95. The topological polar surface area (TPSA) is 83.2 Å². The number of rotatable bonds is 4. The Morgan fingerprint density at radius 3 is 2.48 bits per heavy atom. The minimum Gasteiger partial charge on any atom is -0.444 e. The zero-order valence-electron chi connectivity index (χ0n) is 13.3. The fourth-order valence-corrected chi connectivity index (χ4v) is 2.63. The van der Waals surface area contributed by atoms with Gasteiger partial charge in [0, 0.05) is 24.0 Å². The van der Waals surface area contributed by atoms with E-state index in [2.05, 4.69) is 31.5 Å². The van der Waals surface area contributed by atoms with Crippen molar-refractivity contribution in [3.8, 4) is 0 Å². The zero-order chi connectivity index (χ0) is 17.0. The first kappa shape index (κ1) is 17.3. The molecule has 6 nitrogen and oxygen atoms in total. The Hall–Kier alpha value is -2.02.